The molecule has 3 heteroatoms. The van der Waals surface area contributed by atoms with Crippen LogP contribution in [-0.2, 0) is 15.3 Å². The Hall–Kier alpha value is -1.35. The number of aryl methyl sites for hydroxylation is 1. The molecule has 1 unspecified atom stereocenters. The Balaban J connectivity index is 2.02. The van der Waals surface area contributed by atoms with Crippen LogP contribution in [0, 0.1) is 6.92 Å². The smallest absolute Gasteiger partial charge is 0.240 e. The van der Waals surface area contributed by atoms with Crippen LogP contribution in [0.1, 0.15) is 57.4 Å². The summed E-state index contributed by atoms with van der Waals surface area (Å²) in [5, 5.41) is 0. The lowest BCUT2D eigenvalue weighted by molar-refractivity contribution is 0.395. The zero-order chi connectivity index (χ0) is 15.9. The first-order valence-electron chi connectivity index (χ1n) is 8.08. The minimum absolute atomic E-state index is 0.741. The molecule has 1 aromatic rings. The molecule has 0 spiro atoms. The lowest BCUT2D eigenvalue weighted by Gasteiger charge is -2.20. The third kappa shape index (κ3) is 5.13. The molecule has 120 valence electrons. The second-order valence-corrected chi connectivity index (χ2v) is 7.28. The van der Waals surface area contributed by atoms with E-state index in [9.17, 15) is 4.21 Å². The van der Waals surface area contributed by atoms with Gasteiger partial charge in [0.25, 0.3) is 0 Å². The highest BCUT2D eigenvalue weighted by atomic mass is 32.2. The van der Waals surface area contributed by atoms with Gasteiger partial charge in [0, 0.05) is 6.42 Å². The average molecular weight is 318 g/mol. The highest BCUT2D eigenvalue weighted by Crippen LogP contribution is 2.31. The van der Waals surface area contributed by atoms with Crippen LogP contribution >= 0.6 is 0 Å². The van der Waals surface area contributed by atoms with Gasteiger partial charge in [0.2, 0.25) is 11.1 Å². The standard InChI is InChI=1S/C19H26O2S/c1-15(2)7-6-9-17-8-4-5-10-19(17)21-22(20)18-13-11-16(3)12-14-18/h11-14H,1,4-10H2,2-3H3. The summed E-state index contributed by atoms with van der Waals surface area (Å²) in [6.07, 6.45) is 7.54. The Morgan fingerprint density at radius 1 is 1.23 bits per heavy atom. The first-order valence-corrected chi connectivity index (χ1v) is 9.16. The Morgan fingerprint density at radius 3 is 2.59 bits per heavy atom. The first kappa shape index (κ1) is 17.0. The van der Waals surface area contributed by atoms with Crippen LogP contribution in [0.4, 0.5) is 0 Å². The van der Waals surface area contributed by atoms with Crippen LogP contribution in [0.15, 0.2) is 52.6 Å². The normalized spacial score (nSPS) is 16.5. The molecule has 0 saturated carbocycles. The summed E-state index contributed by atoms with van der Waals surface area (Å²) >= 11 is -1.40. The van der Waals surface area contributed by atoms with E-state index in [0.29, 0.717) is 0 Å². The van der Waals surface area contributed by atoms with Crippen LogP contribution < -0.4 is 0 Å². The van der Waals surface area contributed by atoms with Gasteiger partial charge in [0.05, 0.1) is 4.90 Å². The maximum absolute atomic E-state index is 12.4. The largest absolute Gasteiger partial charge is 0.402 e. The molecule has 0 amide bonds. The van der Waals surface area contributed by atoms with Crippen molar-refractivity contribution in [1.29, 1.82) is 0 Å². The highest BCUT2D eigenvalue weighted by Gasteiger charge is 2.17. The van der Waals surface area contributed by atoms with Gasteiger partial charge in [-0.2, -0.15) is 0 Å². The van der Waals surface area contributed by atoms with Crippen molar-refractivity contribution in [2.24, 2.45) is 0 Å². The van der Waals surface area contributed by atoms with Crippen molar-refractivity contribution in [1.82, 2.24) is 0 Å². The maximum atomic E-state index is 12.4. The highest BCUT2D eigenvalue weighted by molar-refractivity contribution is 7.80. The number of benzene rings is 1. The van der Waals surface area contributed by atoms with Crippen molar-refractivity contribution in [2.75, 3.05) is 0 Å². The van der Waals surface area contributed by atoms with Crippen molar-refractivity contribution in [2.45, 2.75) is 63.7 Å². The van der Waals surface area contributed by atoms with Crippen LogP contribution in [0.25, 0.3) is 0 Å². The van der Waals surface area contributed by atoms with Crippen LogP contribution in [0.2, 0.25) is 0 Å². The van der Waals surface area contributed by atoms with Crippen molar-refractivity contribution in [3.63, 3.8) is 0 Å². The van der Waals surface area contributed by atoms with E-state index in [1.807, 2.05) is 31.2 Å². The van der Waals surface area contributed by atoms with Gasteiger partial charge in [-0.1, -0.05) is 23.3 Å². The Kier molecular flexibility index (Phi) is 6.44. The Morgan fingerprint density at radius 2 is 1.91 bits per heavy atom. The SMILES string of the molecule is C=C(C)CCCC1=C(OS(=O)c2ccc(C)cc2)CCCC1. The molecule has 2 rings (SSSR count). The van der Waals surface area contributed by atoms with E-state index in [1.165, 1.54) is 17.6 Å². The van der Waals surface area contributed by atoms with Crippen molar-refractivity contribution < 1.29 is 8.39 Å². The quantitative estimate of drug-likeness (QED) is 0.611. The van der Waals surface area contributed by atoms with Gasteiger partial charge in [0.1, 0.15) is 5.76 Å². The zero-order valence-electron chi connectivity index (χ0n) is 13.7. The number of allylic oxidation sites excluding steroid dienone is 3. The minimum atomic E-state index is -1.40. The van der Waals surface area contributed by atoms with Gasteiger partial charge in [-0.05, 0) is 70.1 Å². The van der Waals surface area contributed by atoms with Crippen molar-refractivity contribution in [3.8, 4) is 0 Å². The molecule has 1 aliphatic rings. The fourth-order valence-electron chi connectivity index (χ4n) is 2.70. The van der Waals surface area contributed by atoms with E-state index in [4.69, 9.17) is 4.18 Å². The second-order valence-electron chi connectivity index (χ2n) is 6.18. The summed E-state index contributed by atoms with van der Waals surface area (Å²) in [7, 11) is 0. The van der Waals surface area contributed by atoms with Crippen molar-refractivity contribution in [3.05, 3.63) is 53.3 Å². The van der Waals surface area contributed by atoms with E-state index in [1.54, 1.807) is 0 Å². The summed E-state index contributed by atoms with van der Waals surface area (Å²) in [5.74, 6) is 0.965. The summed E-state index contributed by atoms with van der Waals surface area (Å²) < 4.78 is 18.2. The van der Waals surface area contributed by atoms with E-state index in [0.717, 1.165) is 54.7 Å². The van der Waals surface area contributed by atoms with E-state index < -0.39 is 11.1 Å². The molecule has 0 aromatic heterocycles. The van der Waals surface area contributed by atoms with E-state index in [-0.39, 0.29) is 0 Å². The third-order valence-electron chi connectivity index (χ3n) is 4.00. The lowest BCUT2D eigenvalue weighted by Crippen LogP contribution is -2.06. The molecule has 1 atom stereocenters. The minimum Gasteiger partial charge on any atom is -0.402 e. The number of hydrogen-bond donors (Lipinski definition) is 0. The second kappa shape index (κ2) is 8.33. The summed E-state index contributed by atoms with van der Waals surface area (Å²) in [5.41, 5.74) is 3.74. The molecule has 0 bridgehead atoms. The van der Waals surface area contributed by atoms with Crippen LogP contribution in [0.5, 0.6) is 0 Å². The average Bonchev–Trinajstić information content (AvgIpc) is 2.49. The Bertz CT molecular complexity index is 570. The number of rotatable bonds is 7. The van der Waals surface area contributed by atoms with Gasteiger partial charge in [-0.3, -0.25) is 0 Å². The number of hydrogen-bond acceptors (Lipinski definition) is 2. The van der Waals surface area contributed by atoms with E-state index >= 15 is 0 Å². The van der Waals surface area contributed by atoms with Crippen LogP contribution in [0.3, 0.4) is 0 Å². The first-order chi connectivity index (χ1) is 10.6. The third-order valence-corrected chi connectivity index (χ3v) is 5.01. The topological polar surface area (TPSA) is 26.3 Å². The molecular weight excluding hydrogens is 292 g/mol. The summed E-state index contributed by atoms with van der Waals surface area (Å²) in [6, 6.07) is 7.71. The molecule has 0 fully saturated rings. The molecular formula is C19H26O2S. The van der Waals surface area contributed by atoms with Gasteiger partial charge < -0.3 is 4.18 Å². The monoisotopic (exact) mass is 318 g/mol. The van der Waals surface area contributed by atoms with Gasteiger partial charge in [-0.25, -0.2) is 4.21 Å². The molecule has 1 aromatic carbocycles. The fraction of sp³-hybridized carbons (Fsp3) is 0.474. The van der Waals surface area contributed by atoms with E-state index in [2.05, 4.69) is 13.5 Å². The molecule has 1 aliphatic carbocycles. The van der Waals surface area contributed by atoms with Crippen molar-refractivity contribution >= 4 is 11.1 Å². The molecule has 2 nitrogen and oxygen atoms in total. The molecule has 0 heterocycles. The summed E-state index contributed by atoms with van der Waals surface area (Å²) in [4.78, 5) is 0.741. The van der Waals surface area contributed by atoms with Gasteiger partial charge >= 0.3 is 0 Å². The maximum Gasteiger partial charge on any atom is 0.240 e. The summed E-state index contributed by atoms with van der Waals surface area (Å²) in [6.45, 7) is 8.05. The predicted molar refractivity (Wildman–Crippen MR) is 92.8 cm³/mol. The molecule has 0 aliphatic heterocycles. The van der Waals surface area contributed by atoms with Gasteiger partial charge in [0.15, 0.2) is 0 Å². The molecule has 0 radical (unpaired) electrons. The van der Waals surface area contributed by atoms with Gasteiger partial charge in [-0.15, -0.1) is 6.58 Å². The Labute approximate surface area is 136 Å². The molecule has 0 N–H and O–H groups in total. The van der Waals surface area contributed by atoms with Crippen LogP contribution in [-0.4, -0.2) is 4.21 Å². The molecule has 0 saturated heterocycles. The fourth-order valence-corrected chi connectivity index (χ4v) is 3.54. The molecule has 22 heavy (non-hydrogen) atoms. The lowest BCUT2D eigenvalue weighted by atomic mass is 9.93. The zero-order valence-corrected chi connectivity index (χ0v) is 14.5. The predicted octanol–water partition coefficient (Wildman–Crippen LogP) is 5.61.